The van der Waals surface area contributed by atoms with E-state index in [-0.39, 0.29) is 5.97 Å². The van der Waals surface area contributed by atoms with Gasteiger partial charge in [0.05, 0.1) is 6.61 Å². The predicted molar refractivity (Wildman–Crippen MR) is 92.3 cm³/mol. The summed E-state index contributed by atoms with van der Waals surface area (Å²) < 4.78 is 13.8. The lowest BCUT2D eigenvalue weighted by Crippen LogP contribution is -2.44. The minimum Gasteiger partial charge on any atom is -0.532 e. The fourth-order valence-corrected chi connectivity index (χ4v) is 4.58. The molecule has 0 heterocycles. The first-order valence-corrected chi connectivity index (χ1v) is 9.67. The van der Waals surface area contributed by atoms with Crippen molar-refractivity contribution in [2.75, 3.05) is 19.7 Å². The molecule has 0 aliphatic rings. The normalized spacial score (nSPS) is 12.0. The van der Waals surface area contributed by atoms with E-state index in [0.29, 0.717) is 12.2 Å². The van der Waals surface area contributed by atoms with Gasteiger partial charge in [0.2, 0.25) is 0 Å². The molecular formula is C17H27NO3Si. The third kappa shape index (κ3) is 6.45. The maximum Gasteiger partial charge on any atom is 0.333 e. The Morgan fingerprint density at radius 3 is 2.41 bits per heavy atom. The highest BCUT2D eigenvalue weighted by Crippen LogP contribution is 2.14. The predicted octanol–water partition coefficient (Wildman–Crippen LogP) is 3.14. The number of rotatable bonds is 10. The SMILES string of the molecule is C=C(C)C(=O)OCCC[SiH](Oc1ccccc1)N(CC)CC. The third-order valence-electron chi connectivity index (χ3n) is 3.41. The first-order chi connectivity index (χ1) is 10.6. The van der Waals surface area contributed by atoms with Crippen LogP contribution in [0.2, 0.25) is 6.04 Å². The molecule has 1 atom stereocenters. The van der Waals surface area contributed by atoms with Crippen LogP contribution in [0.1, 0.15) is 27.2 Å². The van der Waals surface area contributed by atoms with Gasteiger partial charge >= 0.3 is 15.2 Å². The van der Waals surface area contributed by atoms with Crippen molar-refractivity contribution < 1.29 is 14.0 Å². The van der Waals surface area contributed by atoms with Crippen molar-refractivity contribution in [2.24, 2.45) is 0 Å². The summed E-state index contributed by atoms with van der Waals surface area (Å²) in [7, 11) is -1.54. The summed E-state index contributed by atoms with van der Waals surface area (Å²) >= 11 is 0. The van der Waals surface area contributed by atoms with Crippen molar-refractivity contribution in [1.82, 2.24) is 4.57 Å². The Kier molecular flexibility index (Phi) is 8.55. The summed E-state index contributed by atoms with van der Waals surface area (Å²) in [6.45, 7) is 11.9. The van der Waals surface area contributed by atoms with E-state index in [9.17, 15) is 4.79 Å². The van der Waals surface area contributed by atoms with Gasteiger partial charge in [-0.05, 0) is 44.6 Å². The zero-order valence-electron chi connectivity index (χ0n) is 13.9. The average Bonchev–Trinajstić information content (AvgIpc) is 2.53. The smallest absolute Gasteiger partial charge is 0.333 e. The van der Waals surface area contributed by atoms with E-state index in [4.69, 9.17) is 9.16 Å². The minimum atomic E-state index is -1.54. The van der Waals surface area contributed by atoms with Gasteiger partial charge in [-0.25, -0.2) is 4.79 Å². The van der Waals surface area contributed by atoms with Crippen LogP contribution in [0.15, 0.2) is 42.5 Å². The molecule has 22 heavy (non-hydrogen) atoms. The van der Waals surface area contributed by atoms with Crippen LogP contribution < -0.4 is 4.43 Å². The number of carbonyl (C=O) groups excluding carboxylic acids is 1. The standard InChI is InChI=1S/C17H27NO3Si/c1-5-18(6-2)22(21-16-11-8-7-9-12-16)14-10-13-20-17(19)15(3)4/h7-9,11-12,22H,3,5-6,10,13-14H2,1-2,4H3. The van der Waals surface area contributed by atoms with E-state index in [2.05, 4.69) is 25.0 Å². The number of esters is 1. The number of benzene rings is 1. The molecule has 0 amide bonds. The molecule has 1 unspecified atom stereocenters. The fourth-order valence-electron chi connectivity index (χ4n) is 2.15. The highest BCUT2D eigenvalue weighted by molar-refractivity contribution is 6.49. The van der Waals surface area contributed by atoms with Gasteiger partial charge in [-0.3, -0.25) is 4.57 Å². The minimum absolute atomic E-state index is 0.315. The van der Waals surface area contributed by atoms with Crippen LogP contribution in [0, 0.1) is 0 Å². The Morgan fingerprint density at radius 2 is 1.86 bits per heavy atom. The number of carbonyl (C=O) groups is 1. The first-order valence-electron chi connectivity index (χ1n) is 7.86. The molecular weight excluding hydrogens is 294 g/mol. The highest BCUT2D eigenvalue weighted by Gasteiger charge is 2.21. The van der Waals surface area contributed by atoms with Crippen LogP contribution in [0.25, 0.3) is 0 Å². The molecule has 0 N–H and O–H groups in total. The molecule has 122 valence electrons. The van der Waals surface area contributed by atoms with E-state index in [1.54, 1.807) is 6.92 Å². The molecule has 0 fully saturated rings. The maximum absolute atomic E-state index is 11.4. The van der Waals surface area contributed by atoms with E-state index >= 15 is 0 Å². The molecule has 0 radical (unpaired) electrons. The van der Waals surface area contributed by atoms with Crippen LogP contribution in [0.5, 0.6) is 5.75 Å². The molecule has 0 aliphatic carbocycles. The van der Waals surface area contributed by atoms with Gasteiger partial charge in [-0.1, -0.05) is 38.6 Å². The Labute approximate surface area is 135 Å². The van der Waals surface area contributed by atoms with Gasteiger partial charge in [0.1, 0.15) is 5.75 Å². The van der Waals surface area contributed by atoms with Crippen LogP contribution in [0.4, 0.5) is 0 Å². The van der Waals surface area contributed by atoms with Crippen molar-refractivity contribution in [2.45, 2.75) is 33.2 Å². The Hall–Kier alpha value is -1.59. The molecule has 1 aromatic rings. The molecule has 5 heteroatoms. The van der Waals surface area contributed by atoms with Gasteiger partial charge < -0.3 is 9.16 Å². The highest BCUT2D eigenvalue weighted by atomic mass is 28.3. The Bertz CT molecular complexity index is 460. The number of ether oxygens (including phenoxy) is 1. The van der Waals surface area contributed by atoms with Gasteiger partial charge in [0.25, 0.3) is 0 Å². The molecule has 0 spiro atoms. The van der Waals surface area contributed by atoms with Crippen molar-refractivity contribution >= 4 is 15.2 Å². The number of nitrogens with zero attached hydrogens (tertiary/aromatic N) is 1. The molecule has 1 rings (SSSR count). The van der Waals surface area contributed by atoms with E-state index in [1.165, 1.54) is 0 Å². The quantitative estimate of drug-likeness (QED) is 0.287. The molecule has 0 saturated heterocycles. The van der Waals surface area contributed by atoms with Crippen molar-refractivity contribution in [3.05, 3.63) is 42.5 Å². The van der Waals surface area contributed by atoms with Gasteiger partial charge in [-0.15, -0.1) is 0 Å². The van der Waals surface area contributed by atoms with Crippen molar-refractivity contribution in [3.8, 4) is 5.75 Å². The van der Waals surface area contributed by atoms with Gasteiger partial charge in [-0.2, -0.15) is 0 Å². The zero-order valence-corrected chi connectivity index (χ0v) is 15.0. The summed E-state index contributed by atoms with van der Waals surface area (Å²) in [4.78, 5) is 11.4. The topological polar surface area (TPSA) is 38.8 Å². The van der Waals surface area contributed by atoms with Crippen molar-refractivity contribution in [3.63, 3.8) is 0 Å². The number of hydrogen-bond donors (Lipinski definition) is 0. The van der Waals surface area contributed by atoms with Crippen LogP contribution >= 0.6 is 0 Å². The monoisotopic (exact) mass is 321 g/mol. The molecule has 0 bridgehead atoms. The number of para-hydroxylation sites is 1. The largest absolute Gasteiger partial charge is 0.532 e. The molecule has 1 aromatic carbocycles. The first kappa shape index (κ1) is 18.5. The second-order valence-corrected chi connectivity index (χ2v) is 7.62. The maximum atomic E-state index is 11.4. The summed E-state index contributed by atoms with van der Waals surface area (Å²) in [5.74, 6) is 0.607. The molecule has 0 saturated carbocycles. The van der Waals surface area contributed by atoms with Crippen LogP contribution in [-0.4, -0.2) is 39.4 Å². The van der Waals surface area contributed by atoms with Gasteiger partial charge in [0, 0.05) is 5.57 Å². The second kappa shape index (κ2) is 10.2. The second-order valence-electron chi connectivity index (χ2n) is 5.17. The Balaban J connectivity index is 2.52. The van der Waals surface area contributed by atoms with Crippen LogP contribution in [-0.2, 0) is 9.53 Å². The lowest BCUT2D eigenvalue weighted by molar-refractivity contribution is -0.138. The van der Waals surface area contributed by atoms with Gasteiger partial charge in [0.15, 0.2) is 0 Å². The molecule has 0 aromatic heterocycles. The van der Waals surface area contributed by atoms with E-state index in [0.717, 1.165) is 31.3 Å². The zero-order chi connectivity index (χ0) is 16.4. The lowest BCUT2D eigenvalue weighted by Gasteiger charge is -2.28. The fraction of sp³-hybridized carbons (Fsp3) is 0.471. The summed E-state index contributed by atoms with van der Waals surface area (Å²) in [5, 5.41) is 0. The summed E-state index contributed by atoms with van der Waals surface area (Å²) in [5.41, 5.74) is 0.443. The number of hydrogen-bond acceptors (Lipinski definition) is 4. The molecule has 4 nitrogen and oxygen atoms in total. The Morgan fingerprint density at radius 1 is 1.23 bits per heavy atom. The van der Waals surface area contributed by atoms with Crippen molar-refractivity contribution in [1.29, 1.82) is 0 Å². The average molecular weight is 321 g/mol. The molecule has 0 aliphatic heterocycles. The lowest BCUT2D eigenvalue weighted by atomic mass is 10.3. The van der Waals surface area contributed by atoms with E-state index in [1.807, 2.05) is 30.3 Å². The van der Waals surface area contributed by atoms with E-state index < -0.39 is 9.20 Å². The summed E-state index contributed by atoms with van der Waals surface area (Å²) in [6, 6.07) is 10.9. The third-order valence-corrected chi connectivity index (χ3v) is 6.40. The summed E-state index contributed by atoms with van der Waals surface area (Å²) in [6.07, 6.45) is 0.819. The van der Waals surface area contributed by atoms with Crippen LogP contribution in [0.3, 0.4) is 0 Å².